The Labute approximate surface area is 167 Å². The molecule has 0 aliphatic heterocycles. The van der Waals surface area contributed by atoms with Crippen molar-refractivity contribution in [2.75, 3.05) is 13.7 Å². The number of hydrogen-bond acceptors (Lipinski definition) is 1. The molecule has 1 nitrogen and oxygen atoms in total. The summed E-state index contributed by atoms with van der Waals surface area (Å²) in [5, 5.41) is 0. The van der Waals surface area contributed by atoms with Gasteiger partial charge in [-0.2, -0.15) is 0 Å². The van der Waals surface area contributed by atoms with E-state index in [1.807, 2.05) is 0 Å². The molecular formula is C25H52O. The molecule has 0 aliphatic carbocycles. The minimum atomic E-state index is 0.944. The van der Waals surface area contributed by atoms with Gasteiger partial charge in [0.05, 0.1) is 0 Å². The third-order valence-corrected chi connectivity index (χ3v) is 5.70. The van der Waals surface area contributed by atoms with Crippen LogP contribution in [0.5, 0.6) is 0 Å². The third kappa shape index (κ3) is 24.0. The van der Waals surface area contributed by atoms with Crippen molar-refractivity contribution in [2.45, 2.75) is 148 Å². The fourth-order valence-electron chi connectivity index (χ4n) is 3.86. The van der Waals surface area contributed by atoms with E-state index in [1.54, 1.807) is 7.11 Å². The lowest BCUT2D eigenvalue weighted by molar-refractivity contribution is 0.192. The van der Waals surface area contributed by atoms with Gasteiger partial charge in [0.1, 0.15) is 0 Å². The van der Waals surface area contributed by atoms with Crippen LogP contribution in [0.2, 0.25) is 0 Å². The summed E-state index contributed by atoms with van der Waals surface area (Å²) in [5.74, 6) is 0. The highest BCUT2D eigenvalue weighted by Gasteiger charge is 1.95. The molecular weight excluding hydrogens is 316 g/mol. The Morgan fingerprint density at radius 1 is 0.346 bits per heavy atom. The molecule has 0 aromatic heterocycles. The minimum Gasteiger partial charge on any atom is -0.385 e. The fraction of sp³-hybridized carbons (Fsp3) is 1.00. The summed E-state index contributed by atoms with van der Waals surface area (Å²) in [6, 6.07) is 0. The second-order valence-corrected chi connectivity index (χ2v) is 8.42. The van der Waals surface area contributed by atoms with E-state index in [0.717, 1.165) is 6.61 Å². The highest BCUT2D eigenvalue weighted by molar-refractivity contribution is 4.51. The summed E-state index contributed by atoms with van der Waals surface area (Å²) in [6.45, 7) is 3.24. The van der Waals surface area contributed by atoms with E-state index < -0.39 is 0 Å². The molecule has 0 aromatic carbocycles. The van der Waals surface area contributed by atoms with E-state index in [9.17, 15) is 0 Å². The molecule has 0 fully saturated rings. The molecule has 26 heavy (non-hydrogen) atoms. The average Bonchev–Trinajstić information content (AvgIpc) is 2.66. The van der Waals surface area contributed by atoms with Crippen LogP contribution in [-0.4, -0.2) is 13.7 Å². The molecule has 0 aliphatic rings. The van der Waals surface area contributed by atoms with Crippen LogP contribution in [0.15, 0.2) is 0 Å². The maximum atomic E-state index is 5.09. The maximum Gasteiger partial charge on any atom is 0.0462 e. The predicted molar refractivity (Wildman–Crippen MR) is 119 cm³/mol. The lowest BCUT2D eigenvalue weighted by atomic mass is 10.0. The number of rotatable bonds is 23. The van der Waals surface area contributed by atoms with Crippen molar-refractivity contribution < 1.29 is 4.74 Å². The van der Waals surface area contributed by atoms with Crippen LogP contribution < -0.4 is 0 Å². The van der Waals surface area contributed by atoms with Gasteiger partial charge in [0.25, 0.3) is 0 Å². The molecule has 0 spiro atoms. The zero-order valence-corrected chi connectivity index (χ0v) is 18.7. The SMILES string of the molecule is CCCCCCCCCCCCCCCCCCCCCCCCOC. The molecule has 0 N–H and O–H groups in total. The second kappa shape index (κ2) is 25.0. The first-order valence-corrected chi connectivity index (χ1v) is 12.4. The van der Waals surface area contributed by atoms with Crippen molar-refractivity contribution >= 4 is 0 Å². The lowest BCUT2D eigenvalue weighted by Crippen LogP contribution is -1.88. The molecule has 0 saturated heterocycles. The Kier molecular flexibility index (Phi) is 24.9. The zero-order valence-electron chi connectivity index (χ0n) is 18.7. The Balaban J connectivity index is 2.95. The van der Waals surface area contributed by atoms with E-state index in [2.05, 4.69) is 6.92 Å². The van der Waals surface area contributed by atoms with Gasteiger partial charge in [0, 0.05) is 13.7 Å². The monoisotopic (exact) mass is 368 g/mol. The van der Waals surface area contributed by atoms with Gasteiger partial charge in [-0.3, -0.25) is 0 Å². The van der Waals surface area contributed by atoms with Crippen LogP contribution in [0, 0.1) is 0 Å². The van der Waals surface area contributed by atoms with Crippen molar-refractivity contribution in [2.24, 2.45) is 0 Å². The standard InChI is InChI=1S/C25H52O/c1-3-4-5-6-7-8-9-10-11-12-13-14-15-16-17-18-19-20-21-22-23-24-25-26-2/h3-25H2,1-2H3. The van der Waals surface area contributed by atoms with Crippen LogP contribution in [-0.2, 0) is 4.74 Å². The Morgan fingerprint density at radius 3 is 0.808 bits per heavy atom. The average molecular weight is 369 g/mol. The maximum absolute atomic E-state index is 5.09. The molecule has 0 rings (SSSR count). The summed E-state index contributed by atoms with van der Waals surface area (Å²) in [5.41, 5.74) is 0. The highest BCUT2D eigenvalue weighted by Crippen LogP contribution is 2.15. The first-order valence-electron chi connectivity index (χ1n) is 12.4. The zero-order chi connectivity index (χ0) is 19.0. The molecule has 0 aromatic rings. The minimum absolute atomic E-state index is 0.944. The largest absolute Gasteiger partial charge is 0.385 e. The fourth-order valence-corrected chi connectivity index (χ4v) is 3.86. The smallest absolute Gasteiger partial charge is 0.0462 e. The molecule has 0 amide bonds. The Hall–Kier alpha value is -0.0400. The van der Waals surface area contributed by atoms with Crippen molar-refractivity contribution in [1.29, 1.82) is 0 Å². The highest BCUT2D eigenvalue weighted by atomic mass is 16.5. The molecule has 158 valence electrons. The molecule has 0 atom stereocenters. The van der Waals surface area contributed by atoms with Crippen LogP contribution >= 0.6 is 0 Å². The van der Waals surface area contributed by atoms with E-state index in [-0.39, 0.29) is 0 Å². The topological polar surface area (TPSA) is 9.23 Å². The molecule has 0 heterocycles. The number of unbranched alkanes of at least 4 members (excludes halogenated alkanes) is 21. The molecule has 0 unspecified atom stereocenters. The lowest BCUT2D eigenvalue weighted by Gasteiger charge is -2.04. The van der Waals surface area contributed by atoms with Crippen molar-refractivity contribution in [3.8, 4) is 0 Å². The summed E-state index contributed by atoms with van der Waals surface area (Å²) in [4.78, 5) is 0. The van der Waals surface area contributed by atoms with Crippen LogP contribution in [0.25, 0.3) is 0 Å². The summed E-state index contributed by atoms with van der Waals surface area (Å²) in [6.07, 6.45) is 31.9. The summed E-state index contributed by atoms with van der Waals surface area (Å²) < 4.78 is 5.09. The first-order chi connectivity index (χ1) is 12.9. The van der Waals surface area contributed by atoms with Crippen LogP contribution in [0.3, 0.4) is 0 Å². The number of methoxy groups -OCH3 is 1. The van der Waals surface area contributed by atoms with Gasteiger partial charge in [-0.15, -0.1) is 0 Å². The third-order valence-electron chi connectivity index (χ3n) is 5.70. The second-order valence-electron chi connectivity index (χ2n) is 8.42. The normalized spacial score (nSPS) is 11.3. The van der Waals surface area contributed by atoms with E-state index >= 15 is 0 Å². The number of ether oxygens (including phenoxy) is 1. The Morgan fingerprint density at radius 2 is 0.577 bits per heavy atom. The van der Waals surface area contributed by atoms with E-state index in [1.165, 1.54) is 141 Å². The van der Waals surface area contributed by atoms with Crippen molar-refractivity contribution in [3.63, 3.8) is 0 Å². The van der Waals surface area contributed by atoms with Crippen molar-refractivity contribution in [1.82, 2.24) is 0 Å². The van der Waals surface area contributed by atoms with E-state index in [0.29, 0.717) is 0 Å². The molecule has 0 bridgehead atoms. The van der Waals surface area contributed by atoms with Gasteiger partial charge in [-0.05, 0) is 6.42 Å². The predicted octanol–water partition coefficient (Wildman–Crippen LogP) is 9.23. The van der Waals surface area contributed by atoms with Gasteiger partial charge in [0.2, 0.25) is 0 Å². The summed E-state index contributed by atoms with van der Waals surface area (Å²) >= 11 is 0. The van der Waals surface area contributed by atoms with Gasteiger partial charge < -0.3 is 4.74 Å². The molecule has 0 saturated carbocycles. The van der Waals surface area contributed by atoms with Gasteiger partial charge in [-0.1, -0.05) is 142 Å². The van der Waals surface area contributed by atoms with Crippen LogP contribution in [0.1, 0.15) is 148 Å². The van der Waals surface area contributed by atoms with E-state index in [4.69, 9.17) is 4.74 Å². The van der Waals surface area contributed by atoms with Crippen molar-refractivity contribution in [3.05, 3.63) is 0 Å². The first kappa shape index (κ1) is 26.0. The molecule has 1 heteroatoms. The Bertz CT molecular complexity index is 202. The van der Waals surface area contributed by atoms with Gasteiger partial charge >= 0.3 is 0 Å². The van der Waals surface area contributed by atoms with Gasteiger partial charge in [0.15, 0.2) is 0 Å². The summed E-state index contributed by atoms with van der Waals surface area (Å²) in [7, 11) is 1.80. The quantitative estimate of drug-likeness (QED) is 0.163. The van der Waals surface area contributed by atoms with Gasteiger partial charge in [-0.25, -0.2) is 0 Å². The van der Waals surface area contributed by atoms with Crippen LogP contribution in [0.4, 0.5) is 0 Å². The number of hydrogen-bond donors (Lipinski definition) is 0. The molecule has 0 radical (unpaired) electrons.